The van der Waals surface area contributed by atoms with E-state index < -0.39 is 0 Å². The summed E-state index contributed by atoms with van der Waals surface area (Å²) in [6, 6.07) is 0.762. The van der Waals surface area contributed by atoms with Gasteiger partial charge in [-0.05, 0) is 31.6 Å². The molecule has 0 aromatic heterocycles. The molecule has 2 aliphatic rings. The van der Waals surface area contributed by atoms with E-state index >= 15 is 0 Å². The topological polar surface area (TPSA) is 55.3 Å². The van der Waals surface area contributed by atoms with Gasteiger partial charge in [0.25, 0.3) is 0 Å². The minimum absolute atomic E-state index is 0.301. The second-order valence-electron chi connectivity index (χ2n) is 4.86. The van der Waals surface area contributed by atoms with Gasteiger partial charge in [-0.1, -0.05) is 0 Å². The van der Waals surface area contributed by atoms with Crippen molar-refractivity contribution < 1.29 is 0 Å². The van der Waals surface area contributed by atoms with E-state index in [4.69, 9.17) is 11.5 Å². The first-order chi connectivity index (χ1) is 6.16. The normalized spacial score (nSPS) is 42.2. The molecule has 3 heteroatoms. The monoisotopic (exact) mass is 183 g/mol. The summed E-state index contributed by atoms with van der Waals surface area (Å²) in [4.78, 5) is 2.49. The lowest BCUT2D eigenvalue weighted by atomic mass is 9.98. The lowest BCUT2D eigenvalue weighted by Crippen LogP contribution is -2.36. The number of nitrogens with two attached hydrogens (primary N) is 2. The van der Waals surface area contributed by atoms with Gasteiger partial charge in [0.1, 0.15) is 0 Å². The molecule has 2 rings (SSSR count). The third-order valence-corrected chi connectivity index (χ3v) is 3.53. The van der Waals surface area contributed by atoms with E-state index in [2.05, 4.69) is 11.8 Å². The molecule has 0 bridgehead atoms. The molecule has 1 saturated carbocycles. The van der Waals surface area contributed by atoms with Gasteiger partial charge < -0.3 is 16.4 Å². The van der Waals surface area contributed by atoms with Crippen LogP contribution in [0.1, 0.15) is 19.8 Å². The molecule has 1 heterocycles. The molecule has 0 radical (unpaired) electrons. The predicted octanol–water partition coefficient (Wildman–Crippen LogP) is 0.00270. The molecule has 2 fully saturated rings. The smallest absolute Gasteiger partial charge is 0.0139 e. The van der Waals surface area contributed by atoms with Crippen LogP contribution >= 0.6 is 0 Å². The Labute approximate surface area is 80.5 Å². The molecule has 0 amide bonds. The van der Waals surface area contributed by atoms with Crippen LogP contribution in [0.15, 0.2) is 0 Å². The zero-order chi connectivity index (χ0) is 9.42. The molecule has 1 saturated heterocycles. The van der Waals surface area contributed by atoms with Crippen molar-refractivity contribution in [3.8, 4) is 0 Å². The van der Waals surface area contributed by atoms with E-state index in [1.165, 1.54) is 25.9 Å². The molecule has 0 spiro atoms. The van der Waals surface area contributed by atoms with E-state index in [9.17, 15) is 0 Å². The van der Waals surface area contributed by atoms with Crippen LogP contribution in [-0.4, -0.2) is 36.6 Å². The summed E-state index contributed by atoms with van der Waals surface area (Å²) < 4.78 is 0. The Kier molecular flexibility index (Phi) is 2.58. The van der Waals surface area contributed by atoms with Crippen LogP contribution in [0.4, 0.5) is 0 Å². The highest BCUT2D eigenvalue weighted by Gasteiger charge is 2.40. The molecule has 1 aliphatic carbocycles. The zero-order valence-electron chi connectivity index (χ0n) is 8.45. The van der Waals surface area contributed by atoms with Gasteiger partial charge in [0.2, 0.25) is 0 Å². The number of rotatable bonds is 2. The molecule has 2 unspecified atom stereocenters. The van der Waals surface area contributed by atoms with E-state index in [1.54, 1.807) is 0 Å². The third-order valence-electron chi connectivity index (χ3n) is 3.53. The lowest BCUT2D eigenvalue weighted by Gasteiger charge is -2.19. The first kappa shape index (κ1) is 9.44. The summed E-state index contributed by atoms with van der Waals surface area (Å²) in [5.41, 5.74) is 11.8. The number of likely N-dealkylation sites (tertiary alicyclic amines) is 1. The fraction of sp³-hybridized carbons (Fsp3) is 1.00. The third kappa shape index (κ3) is 1.87. The Morgan fingerprint density at radius 1 is 1.38 bits per heavy atom. The van der Waals surface area contributed by atoms with Crippen molar-refractivity contribution in [3.63, 3.8) is 0 Å². The van der Waals surface area contributed by atoms with Gasteiger partial charge >= 0.3 is 0 Å². The number of nitrogens with zero attached hydrogens (tertiary/aromatic N) is 1. The van der Waals surface area contributed by atoms with Gasteiger partial charge in [0.05, 0.1) is 0 Å². The Hall–Kier alpha value is -0.120. The molecule has 4 atom stereocenters. The van der Waals surface area contributed by atoms with Crippen LogP contribution in [0.2, 0.25) is 0 Å². The molecule has 13 heavy (non-hydrogen) atoms. The van der Waals surface area contributed by atoms with Gasteiger partial charge in [-0.25, -0.2) is 0 Å². The predicted molar refractivity (Wildman–Crippen MR) is 54.3 cm³/mol. The van der Waals surface area contributed by atoms with Crippen LogP contribution in [-0.2, 0) is 0 Å². The molecule has 0 aromatic rings. The van der Waals surface area contributed by atoms with E-state index in [0.717, 1.165) is 18.4 Å². The van der Waals surface area contributed by atoms with Crippen LogP contribution in [0, 0.1) is 11.8 Å². The summed E-state index contributed by atoms with van der Waals surface area (Å²) in [5, 5.41) is 0. The van der Waals surface area contributed by atoms with E-state index in [0.29, 0.717) is 12.1 Å². The molecule has 4 N–H and O–H groups in total. The maximum atomic E-state index is 6.06. The number of hydrogen-bond acceptors (Lipinski definition) is 3. The summed E-state index contributed by atoms with van der Waals surface area (Å²) >= 11 is 0. The van der Waals surface area contributed by atoms with Gasteiger partial charge in [0, 0.05) is 31.7 Å². The quantitative estimate of drug-likeness (QED) is 0.634. The second kappa shape index (κ2) is 3.56. The zero-order valence-corrected chi connectivity index (χ0v) is 8.45. The van der Waals surface area contributed by atoms with Crippen molar-refractivity contribution in [3.05, 3.63) is 0 Å². The summed E-state index contributed by atoms with van der Waals surface area (Å²) in [5.74, 6) is 1.63. The SMILES string of the molecule is CC(N)CN1C[C@@H]2CCC(N)[C@@H]2C1. The standard InChI is InChI=1S/C10H21N3/c1-7(11)4-13-5-8-2-3-10(12)9(8)6-13/h7-10H,2-6,11-12H2,1H3/t7?,8-,9+,10?/m0/s1. The van der Waals surface area contributed by atoms with Crippen LogP contribution < -0.4 is 11.5 Å². The van der Waals surface area contributed by atoms with Crippen molar-refractivity contribution in [1.82, 2.24) is 4.90 Å². The molecular weight excluding hydrogens is 162 g/mol. The van der Waals surface area contributed by atoms with Crippen LogP contribution in [0.25, 0.3) is 0 Å². The minimum atomic E-state index is 0.301. The van der Waals surface area contributed by atoms with Gasteiger partial charge in [-0.2, -0.15) is 0 Å². The average molecular weight is 183 g/mol. The van der Waals surface area contributed by atoms with Crippen molar-refractivity contribution in [2.24, 2.45) is 23.3 Å². The minimum Gasteiger partial charge on any atom is -0.327 e. The fourth-order valence-corrected chi connectivity index (χ4v) is 2.96. The first-order valence-electron chi connectivity index (χ1n) is 5.40. The summed E-state index contributed by atoms with van der Waals surface area (Å²) in [6.45, 7) is 5.54. The summed E-state index contributed by atoms with van der Waals surface area (Å²) in [6.07, 6.45) is 2.57. The van der Waals surface area contributed by atoms with Crippen molar-refractivity contribution in [1.29, 1.82) is 0 Å². The van der Waals surface area contributed by atoms with E-state index in [-0.39, 0.29) is 0 Å². The summed E-state index contributed by atoms with van der Waals surface area (Å²) in [7, 11) is 0. The lowest BCUT2D eigenvalue weighted by molar-refractivity contribution is 0.291. The highest BCUT2D eigenvalue weighted by Crippen LogP contribution is 2.36. The second-order valence-corrected chi connectivity index (χ2v) is 4.86. The molecule has 0 aromatic carbocycles. The van der Waals surface area contributed by atoms with Crippen molar-refractivity contribution in [2.75, 3.05) is 19.6 Å². The first-order valence-corrected chi connectivity index (χ1v) is 5.40. The maximum absolute atomic E-state index is 6.06. The van der Waals surface area contributed by atoms with Gasteiger partial charge in [-0.3, -0.25) is 0 Å². The van der Waals surface area contributed by atoms with Crippen LogP contribution in [0.3, 0.4) is 0 Å². The Morgan fingerprint density at radius 3 is 2.77 bits per heavy atom. The molecule has 1 aliphatic heterocycles. The number of fused-ring (bicyclic) bond motifs is 1. The van der Waals surface area contributed by atoms with Crippen molar-refractivity contribution >= 4 is 0 Å². The maximum Gasteiger partial charge on any atom is 0.0139 e. The number of hydrogen-bond donors (Lipinski definition) is 2. The van der Waals surface area contributed by atoms with E-state index in [1.807, 2.05) is 0 Å². The van der Waals surface area contributed by atoms with Gasteiger partial charge in [0.15, 0.2) is 0 Å². The fourth-order valence-electron chi connectivity index (χ4n) is 2.96. The Bertz CT molecular complexity index is 181. The highest BCUT2D eigenvalue weighted by molar-refractivity contribution is 4.95. The average Bonchev–Trinajstić information content (AvgIpc) is 2.53. The highest BCUT2D eigenvalue weighted by atomic mass is 15.2. The van der Waals surface area contributed by atoms with Crippen molar-refractivity contribution in [2.45, 2.75) is 31.8 Å². The molecular formula is C10H21N3. The van der Waals surface area contributed by atoms with Gasteiger partial charge in [-0.15, -0.1) is 0 Å². The molecule has 3 nitrogen and oxygen atoms in total. The largest absolute Gasteiger partial charge is 0.327 e. The Morgan fingerprint density at radius 2 is 2.15 bits per heavy atom. The van der Waals surface area contributed by atoms with Crippen LogP contribution in [0.5, 0.6) is 0 Å². The molecule has 76 valence electrons. The Balaban J connectivity index is 1.87.